The maximum absolute atomic E-state index is 12.6. The van der Waals surface area contributed by atoms with Gasteiger partial charge in [0.25, 0.3) is 5.91 Å². The Morgan fingerprint density at radius 2 is 1.46 bits per heavy atom. The van der Waals surface area contributed by atoms with Gasteiger partial charge in [-0.25, -0.2) is 0 Å². The summed E-state index contributed by atoms with van der Waals surface area (Å²) in [4.78, 5) is 36.0. The topological polar surface area (TPSA) is 101 Å². The van der Waals surface area contributed by atoms with Gasteiger partial charge in [0.15, 0.2) is 0 Å². The number of hydrogen-bond acceptors (Lipinski definition) is 3. The highest BCUT2D eigenvalue weighted by Crippen LogP contribution is 2.13. The van der Waals surface area contributed by atoms with E-state index in [0.29, 0.717) is 21.8 Å². The van der Waals surface area contributed by atoms with Gasteiger partial charge in [0.05, 0.1) is 0 Å². The molecule has 0 radical (unpaired) electrons. The number of halogens is 1. The third-order valence-corrected chi connectivity index (χ3v) is 4.03. The summed E-state index contributed by atoms with van der Waals surface area (Å²) in [7, 11) is 0. The van der Waals surface area contributed by atoms with Crippen LogP contribution in [0.25, 0.3) is 0 Å². The van der Waals surface area contributed by atoms with E-state index in [0.717, 1.165) is 0 Å². The van der Waals surface area contributed by atoms with Crippen molar-refractivity contribution in [2.75, 3.05) is 5.32 Å². The number of carbonyl (C=O) groups is 3. The second-order valence-corrected chi connectivity index (χ2v) is 6.57. The highest BCUT2D eigenvalue weighted by molar-refractivity contribution is 6.30. The first-order valence-corrected chi connectivity index (χ1v) is 8.43. The Morgan fingerprint density at radius 1 is 0.923 bits per heavy atom. The van der Waals surface area contributed by atoms with Crippen molar-refractivity contribution >= 4 is 35.0 Å². The summed E-state index contributed by atoms with van der Waals surface area (Å²) >= 11 is 5.82. The quantitative estimate of drug-likeness (QED) is 0.725. The van der Waals surface area contributed by atoms with E-state index in [2.05, 4.69) is 10.6 Å². The Labute approximate surface area is 156 Å². The minimum Gasteiger partial charge on any atom is -0.366 e. The maximum Gasteiger partial charge on any atom is 0.251 e. The first-order valence-electron chi connectivity index (χ1n) is 8.05. The van der Waals surface area contributed by atoms with Gasteiger partial charge in [0, 0.05) is 21.8 Å². The van der Waals surface area contributed by atoms with Crippen LogP contribution in [0.15, 0.2) is 48.5 Å². The van der Waals surface area contributed by atoms with Gasteiger partial charge in [-0.05, 0) is 54.4 Å². The largest absolute Gasteiger partial charge is 0.366 e. The number of rotatable bonds is 6. The molecule has 1 unspecified atom stereocenters. The lowest BCUT2D eigenvalue weighted by molar-refractivity contribution is -0.118. The van der Waals surface area contributed by atoms with Crippen LogP contribution >= 0.6 is 11.6 Å². The monoisotopic (exact) mass is 373 g/mol. The second-order valence-electron chi connectivity index (χ2n) is 6.13. The predicted octanol–water partition coefficient (Wildman–Crippen LogP) is 2.83. The Morgan fingerprint density at radius 3 is 1.96 bits per heavy atom. The minimum atomic E-state index is -0.728. The van der Waals surface area contributed by atoms with Crippen molar-refractivity contribution in [3.63, 3.8) is 0 Å². The van der Waals surface area contributed by atoms with Gasteiger partial charge in [-0.2, -0.15) is 0 Å². The molecule has 0 aliphatic heterocycles. The second kappa shape index (κ2) is 8.49. The van der Waals surface area contributed by atoms with E-state index in [-0.39, 0.29) is 17.7 Å². The molecule has 6 nitrogen and oxygen atoms in total. The van der Waals surface area contributed by atoms with E-state index < -0.39 is 11.9 Å². The summed E-state index contributed by atoms with van der Waals surface area (Å²) < 4.78 is 0. The van der Waals surface area contributed by atoms with Crippen LogP contribution in [0.4, 0.5) is 5.69 Å². The summed E-state index contributed by atoms with van der Waals surface area (Å²) in [6.45, 7) is 3.67. The van der Waals surface area contributed by atoms with Crippen molar-refractivity contribution < 1.29 is 14.4 Å². The summed E-state index contributed by atoms with van der Waals surface area (Å²) in [6, 6.07) is 11.9. The average Bonchev–Trinajstić information content (AvgIpc) is 2.60. The van der Waals surface area contributed by atoms with Crippen molar-refractivity contribution in [3.05, 3.63) is 64.7 Å². The molecule has 0 aromatic heterocycles. The number of nitrogens with one attached hydrogen (secondary N) is 2. The van der Waals surface area contributed by atoms with E-state index >= 15 is 0 Å². The van der Waals surface area contributed by atoms with Gasteiger partial charge in [0.1, 0.15) is 6.04 Å². The van der Waals surface area contributed by atoms with Crippen molar-refractivity contribution in [1.82, 2.24) is 5.32 Å². The van der Waals surface area contributed by atoms with Crippen LogP contribution in [0.2, 0.25) is 5.02 Å². The standard InChI is InChI=1S/C19H20ClN3O3/c1-11(2)16(23-18(25)13-3-7-14(20)8-4-13)19(26)22-15-9-5-12(6-10-15)17(21)24/h3-11,16H,1-2H3,(H2,21,24)(H,22,26)(H,23,25). The summed E-state index contributed by atoms with van der Waals surface area (Å²) in [5, 5.41) is 5.99. The molecule has 26 heavy (non-hydrogen) atoms. The molecule has 2 aromatic carbocycles. The Hall–Kier alpha value is -2.86. The fourth-order valence-corrected chi connectivity index (χ4v) is 2.42. The number of amides is 3. The third-order valence-electron chi connectivity index (χ3n) is 3.78. The van der Waals surface area contributed by atoms with Crippen LogP contribution in [-0.2, 0) is 4.79 Å². The molecule has 0 saturated heterocycles. The highest BCUT2D eigenvalue weighted by Gasteiger charge is 2.24. The molecular formula is C19H20ClN3O3. The van der Waals surface area contributed by atoms with Crippen LogP contribution < -0.4 is 16.4 Å². The molecule has 0 bridgehead atoms. The molecule has 0 fully saturated rings. The number of anilines is 1. The normalized spacial score (nSPS) is 11.7. The van der Waals surface area contributed by atoms with E-state index in [1.165, 1.54) is 12.1 Å². The Bertz CT molecular complexity index is 802. The summed E-state index contributed by atoms with van der Waals surface area (Å²) in [5.41, 5.74) is 6.46. The van der Waals surface area contributed by atoms with Gasteiger partial charge >= 0.3 is 0 Å². The fraction of sp³-hybridized carbons (Fsp3) is 0.211. The van der Waals surface area contributed by atoms with Crippen molar-refractivity contribution in [1.29, 1.82) is 0 Å². The highest BCUT2D eigenvalue weighted by atomic mass is 35.5. The molecule has 1 atom stereocenters. The lowest BCUT2D eigenvalue weighted by Crippen LogP contribution is -2.47. The van der Waals surface area contributed by atoms with Crippen molar-refractivity contribution in [2.24, 2.45) is 11.7 Å². The van der Waals surface area contributed by atoms with Crippen LogP contribution in [0, 0.1) is 5.92 Å². The number of benzene rings is 2. The molecule has 0 spiro atoms. The fourth-order valence-electron chi connectivity index (χ4n) is 2.30. The van der Waals surface area contributed by atoms with Gasteiger partial charge in [-0.1, -0.05) is 25.4 Å². The van der Waals surface area contributed by atoms with E-state index in [4.69, 9.17) is 17.3 Å². The van der Waals surface area contributed by atoms with Crippen LogP contribution in [-0.4, -0.2) is 23.8 Å². The SMILES string of the molecule is CC(C)C(NC(=O)c1ccc(Cl)cc1)C(=O)Nc1ccc(C(N)=O)cc1. The zero-order valence-corrected chi connectivity index (χ0v) is 15.2. The van der Waals surface area contributed by atoms with Gasteiger partial charge in [0.2, 0.25) is 11.8 Å². The first-order chi connectivity index (χ1) is 12.3. The van der Waals surface area contributed by atoms with Crippen LogP contribution in [0.5, 0.6) is 0 Å². The number of hydrogen-bond donors (Lipinski definition) is 3. The van der Waals surface area contributed by atoms with E-state index in [1.807, 2.05) is 13.8 Å². The average molecular weight is 374 g/mol. The Balaban J connectivity index is 2.08. The molecule has 0 aliphatic rings. The summed E-state index contributed by atoms with van der Waals surface area (Å²) in [5.74, 6) is -1.39. The zero-order chi connectivity index (χ0) is 19.3. The number of carbonyl (C=O) groups excluding carboxylic acids is 3. The van der Waals surface area contributed by atoms with Crippen molar-refractivity contribution in [3.8, 4) is 0 Å². The molecule has 7 heteroatoms. The molecule has 136 valence electrons. The Kier molecular flexibility index (Phi) is 6.36. The molecule has 4 N–H and O–H groups in total. The van der Waals surface area contributed by atoms with Gasteiger partial charge < -0.3 is 16.4 Å². The molecule has 3 amide bonds. The predicted molar refractivity (Wildman–Crippen MR) is 101 cm³/mol. The van der Waals surface area contributed by atoms with Crippen molar-refractivity contribution in [2.45, 2.75) is 19.9 Å². The van der Waals surface area contributed by atoms with Crippen LogP contribution in [0.1, 0.15) is 34.6 Å². The number of primary amides is 1. The molecular weight excluding hydrogens is 354 g/mol. The third kappa shape index (κ3) is 5.07. The number of nitrogens with two attached hydrogens (primary N) is 1. The maximum atomic E-state index is 12.6. The lowest BCUT2D eigenvalue weighted by atomic mass is 10.0. The molecule has 0 saturated carbocycles. The molecule has 0 aliphatic carbocycles. The van der Waals surface area contributed by atoms with Gasteiger partial charge in [-0.3, -0.25) is 14.4 Å². The lowest BCUT2D eigenvalue weighted by Gasteiger charge is -2.22. The molecule has 2 rings (SSSR count). The van der Waals surface area contributed by atoms with E-state index in [9.17, 15) is 14.4 Å². The van der Waals surface area contributed by atoms with Gasteiger partial charge in [-0.15, -0.1) is 0 Å². The molecule has 0 heterocycles. The molecule has 2 aromatic rings. The van der Waals surface area contributed by atoms with Crippen LogP contribution in [0.3, 0.4) is 0 Å². The minimum absolute atomic E-state index is 0.129. The summed E-state index contributed by atoms with van der Waals surface area (Å²) in [6.07, 6.45) is 0. The van der Waals surface area contributed by atoms with E-state index in [1.54, 1.807) is 36.4 Å². The smallest absolute Gasteiger partial charge is 0.251 e. The zero-order valence-electron chi connectivity index (χ0n) is 14.5. The first kappa shape index (κ1) is 19.5.